The van der Waals surface area contributed by atoms with Gasteiger partial charge in [-0.15, -0.1) is 0 Å². The average molecular weight is 496 g/mol. The van der Waals surface area contributed by atoms with E-state index in [9.17, 15) is 19.2 Å². The Bertz CT molecular complexity index is 1240. The molecule has 0 aromatic heterocycles. The molecule has 2 aromatic rings. The highest BCUT2D eigenvalue weighted by Gasteiger charge is 2.43. The summed E-state index contributed by atoms with van der Waals surface area (Å²) in [5.41, 5.74) is 6.54. The topological polar surface area (TPSA) is 124 Å². The molecule has 0 saturated heterocycles. The summed E-state index contributed by atoms with van der Waals surface area (Å²) >= 11 is 0. The summed E-state index contributed by atoms with van der Waals surface area (Å²) in [5, 5.41) is 10.0. The molecule has 1 unspecified atom stereocenters. The molecule has 0 bridgehead atoms. The van der Waals surface area contributed by atoms with E-state index in [1.807, 2.05) is 6.07 Å². The molecule has 10 heteroatoms. The Morgan fingerprint density at radius 3 is 2.33 bits per heavy atom. The Morgan fingerprint density at radius 2 is 1.75 bits per heavy atom. The molecule has 1 atom stereocenters. The van der Waals surface area contributed by atoms with Crippen molar-refractivity contribution in [1.82, 2.24) is 0 Å². The largest absolute Gasteiger partial charge is 0.490 e. The van der Waals surface area contributed by atoms with Crippen LogP contribution in [0.1, 0.15) is 17.9 Å². The van der Waals surface area contributed by atoms with E-state index in [4.69, 9.17) is 24.7 Å². The third kappa shape index (κ3) is 5.16. The number of nitriles is 1. The molecule has 0 aliphatic carbocycles. The van der Waals surface area contributed by atoms with Crippen molar-refractivity contribution in [3.05, 3.63) is 82.6 Å². The maximum Gasteiger partial charge on any atom is 0.355 e. The number of ether oxygens (including phenoxy) is 4. The van der Waals surface area contributed by atoms with Crippen molar-refractivity contribution >= 4 is 17.6 Å². The van der Waals surface area contributed by atoms with Gasteiger partial charge in [-0.05, 0) is 17.7 Å². The monoisotopic (exact) mass is 495 g/mol. The van der Waals surface area contributed by atoms with Gasteiger partial charge in [0.15, 0.2) is 11.6 Å². The van der Waals surface area contributed by atoms with Gasteiger partial charge in [0.25, 0.3) is 0 Å². The highest BCUT2D eigenvalue weighted by Crippen LogP contribution is 2.43. The van der Waals surface area contributed by atoms with Crippen molar-refractivity contribution < 1.29 is 32.9 Å². The normalized spacial score (nSPS) is 15.4. The lowest BCUT2D eigenvalue weighted by molar-refractivity contribution is -0.139. The first kappa shape index (κ1) is 26.2. The van der Waals surface area contributed by atoms with Gasteiger partial charge in [-0.25, -0.2) is 14.0 Å². The third-order valence-corrected chi connectivity index (χ3v) is 5.53. The molecule has 0 saturated carbocycles. The molecule has 188 valence electrons. The van der Waals surface area contributed by atoms with Crippen molar-refractivity contribution in [3.8, 4) is 11.8 Å². The molecule has 2 N–H and O–H groups in total. The molecule has 0 fully saturated rings. The summed E-state index contributed by atoms with van der Waals surface area (Å²) < 4.78 is 35.3. The minimum absolute atomic E-state index is 0.0189. The number of carbonyl (C=O) groups excluding carboxylic acids is 2. The molecular formula is C26H26FN3O6. The lowest BCUT2D eigenvalue weighted by Crippen LogP contribution is -2.40. The van der Waals surface area contributed by atoms with Crippen LogP contribution in [-0.4, -0.2) is 46.5 Å². The van der Waals surface area contributed by atoms with Crippen molar-refractivity contribution in [1.29, 1.82) is 5.26 Å². The molecule has 9 nitrogen and oxygen atoms in total. The van der Waals surface area contributed by atoms with Gasteiger partial charge < -0.3 is 24.7 Å². The maximum absolute atomic E-state index is 15.0. The second kappa shape index (κ2) is 11.9. The first-order valence-corrected chi connectivity index (χ1v) is 11.0. The number of anilines is 1. The van der Waals surface area contributed by atoms with Crippen LogP contribution < -0.4 is 15.4 Å². The van der Waals surface area contributed by atoms with E-state index in [1.54, 1.807) is 37.4 Å². The smallest absolute Gasteiger partial charge is 0.355 e. The van der Waals surface area contributed by atoms with E-state index in [0.29, 0.717) is 18.6 Å². The van der Waals surface area contributed by atoms with Gasteiger partial charge in [-0.3, -0.25) is 4.90 Å². The Labute approximate surface area is 208 Å². The second-order valence-corrected chi connectivity index (χ2v) is 7.64. The summed E-state index contributed by atoms with van der Waals surface area (Å²) in [5.74, 6) is -3.71. The second-order valence-electron chi connectivity index (χ2n) is 7.64. The predicted octanol–water partition coefficient (Wildman–Crippen LogP) is 3.14. The van der Waals surface area contributed by atoms with Crippen LogP contribution in [0.3, 0.4) is 0 Å². The third-order valence-electron chi connectivity index (χ3n) is 5.53. The fraction of sp³-hybridized carbons (Fsp3) is 0.269. The van der Waals surface area contributed by atoms with Gasteiger partial charge in [0, 0.05) is 26.2 Å². The molecule has 1 aliphatic heterocycles. The minimum Gasteiger partial charge on any atom is -0.490 e. The van der Waals surface area contributed by atoms with Gasteiger partial charge in [-0.1, -0.05) is 30.3 Å². The first-order chi connectivity index (χ1) is 17.4. The van der Waals surface area contributed by atoms with Gasteiger partial charge in [0.05, 0.1) is 49.6 Å². The Balaban J connectivity index is 2.21. The van der Waals surface area contributed by atoms with Crippen LogP contribution in [0.25, 0.3) is 0 Å². The Kier molecular flexibility index (Phi) is 8.65. The summed E-state index contributed by atoms with van der Waals surface area (Å²) in [4.78, 5) is 27.2. The molecule has 0 spiro atoms. The number of benzene rings is 2. The zero-order valence-corrected chi connectivity index (χ0v) is 20.1. The number of allylic oxidation sites excluding steroid dienone is 1. The maximum atomic E-state index is 15.0. The lowest BCUT2D eigenvalue weighted by atomic mass is 9.81. The van der Waals surface area contributed by atoms with Gasteiger partial charge in [0.2, 0.25) is 0 Å². The van der Waals surface area contributed by atoms with Crippen LogP contribution in [0, 0.1) is 17.1 Å². The van der Waals surface area contributed by atoms with Gasteiger partial charge >= 0.3 is 11.9 Å². The highest BCUT2D eigenvalue weighted by atomic mass is 19.1. The van der Waals surface area contributed by atoms with Crippen LogP contribution in [0.5, 0.6) is 5.75 Å². The van der Waals surface area contributed by atoms with Crippen LogP contribution in [0.2, 0.25) is 0 Å². The Hall–Kier alpha value is -4.36. The van der Waals surface area contributed by atoms with E-state index in [-0.39, 0.29) is 40.7 Å². The summed E-state index contributed by atoms with van der Waals surface area (Å²) in [6, 6.07) is 14.6. The zero-order chi connectivity index (χ0) is 26.2. The number of carbonyl (C=O) groups is 2. The van der Waals surface area contributed by atoms with E-state index in [0.717, 1.165) is 25.2 Å². The van der Waals surface area contributed by atoms with Crippen LogP contribution in [-0.2, 0) is 23.8 Å². The number of nitrogens with zero attached hydrogens (tertiary/aromatic N) is 2. The van der Waals surface area contributed by atoms with Crippen molar-refractivity contribution in [2.45, 2.75) is 12.3 Å². The number of hydrogen-bond acceptors (Lipinski definition) is 9. The first-order valence-electron chi connectivity index (χ1n) is 11.0. The molecular weight excluding hydrogens is 469 g/mol. The fourth-order valence-electron chi connectivity index (χ4n) is 3.91. The molecule has 1 aliphatic rings. The molecule has 1 heterocycles. The lowest BCUT2D eigenvalue weighted by Gasteiger charge is -2.35. The average Bonchev–Trinajstić information content (AvgIpc) is 2.90. The zero-order valence-electron chi connectivity index (χ0n) is 20.1. The summed E-state index contributed by atoms with van der Waals surface area (Å²) in [6.45, 7) is 0.685. The highest BCUT2D eigenvalue weighted by molar-refractivity contribution is 6.06. The van der Waals surface area contributed by atoms with Crippen LogP contribution >= 0.6 is 0 Å². The molecule has 2 aromatic carbocycles. The number of halogens is 1. The van der Waals surface area contributed by atoms with Crippen molar-refractivity contribution in [3.63, 3.8) is 0 Å². The summed E-state index contributed by atoms with van der Waals surface area (Å²) in [6.07, 6.45) is 0.559. The number of methoxy groups -OCH3 is 3. The molecule has 0 radical (unpaired) electrons. The minimum atomic E-state index is -1.01. The van der Waals surface area contributed by atoms with E-state index in [2.05, 4.69) is 0 Å². The van der Waals surface area contributed by atoms with Gasteiger partial charge in [-0.2, -0.15) is 5.26 Å². The number of rotatable bonds is 9. The molecule has 3 rings (SSSR count). The quantitative estimate of drug-likeness (QED) is 0.413. The van der Waals surface area contributed by atoms with Gasteiger partial charge in [0.1, 0.15) is 11.5 Å². The number of esters is 2. The standard InChI is InChI=1S/C26H26FN3O6/c1-33-12-7-13-36-20-11-10-17(14-19(20)27)30-23(26(32)35-3)22(25(31)34-2)21(18(15-28)24(30)29)16-8-5-4-6-9-16/h4-6,8-11,14,21H,7,12-13,29H2,1-3H3. The van der Waals surface area contributed by atoms with Crippen LogP contribution in [0.4, 0.5) is 10.1 Å². The van der Waals surface area contributed by atoms with Crippen molar-refractivity contribution in [2.24, 2.45) is 5.73 Å². The number of hydrogen-bond donors (Lipinski definition) is 1. The SMILES string of the molecule is COCCCOc1ccc(N2C(N)=C(C#N)C(c3ccccc3)C(C(=O)OC)=C2C(=O)OC)cc1F. The van der Waals surface area contributed by atoms with Crippen LogP contribution in [0.15, 0.2) is 71.2 Å². The molecule has 36 heavy (non-hydrogen) atoms. The van der Waals surface area contributed by atoms with E-state index < -0.39 is 23.7 Å². The molecule has 0 amide bonds. The summed E-state index contributed by atoms with van der Waals surface area (Å²) in [7, 11) is 3.84. The fourth-order valence-corrected chi connectivity index (χ4v) is 3.91. The van der Waals surface area contributed by atoms with E-state index in [1.165, 1.54) is 12.1 Å². The Morgan fingerprint density at radius 1 is 1.06 bits per heavy atom. The number of nitrogens with two attached hydrogens (primary N) is 1. The van der Waals surface area contributed by atoms with E-state index >= 15 is 0 Å². The van der Waals surface area contributed by atoms with Crippen molar-refractivity contribution in [2.75, 3.05) is 39.4 Å². The predicted molar refractivity (Wildman–Crippen MR) is 128 cm³/mol.